The van der Waals surface area contributed by atoms with Crippen molar-refractivity contribution in [2.24, 2.45) is 0 Å². The van der Waals surface area contributed by atoms with Crippen molar-refractivity contribution in [3.8, 4) is 0 Å². The third kappa shape index (κ3) is 2.47. The lowest BCUT2D eigenvalue weighted by atomic mass is 9.90. The minimum absolute atomic E-state index is 0.578. The molecule has 1 saturated carbocycles. The van der Waals surface area contributed by atoms with Gasteiger partial charge in [-0.25, -0.2) is 9.97 Å². The maximum atomic E-state index is 4.65. The van der Waals surface area contributed by atoms with Gasteiger partial charge in [0.05, 0.1) is 0 Å². The number of rotatable bonds is 4. The lowest BCUT2D eigenvalue weighted by molar-refractivity contribution is 0.159. The average molecular weight is 272 g/mol. The summed E-state index contributed by atoms with van der Waals surface area (Å²) >= 11 is 0. The molecule has 3 fully saturated rings. The molecule has 4 rings (SSSR count). The molecule has 2 saturated heterocycles. The minimum Gasteiger partial charge on any atom is -0.310 e. The number of hydrogen-bond acceptors (Lipinski definition) is 4. The van der Waals surface area contributed by atoms with Crippen molar-refractivity contribution in [3.05, 3.63) is 23.8 Å². The van der Waals surface area contributed by atoms with Gasteiger partial charge in [-0.05, 0) is 45.6 Å². The highest BCUT2D eigenvalue weighted by Gasteiger charge is 2.39. The lowest BCUT2D eigenvalue weighted by Crippen LogP contribution is -2.39. The summed E-state index contributed by atoms with van der Waals surface area (Å²) in [5.74, 6) is 1.65. The maximum Gasteiger partial charge on any atom is 0.131 e. The van der Waals surface area contributed by atoms with E-state index in [2.05, 4.69) is 27.2 Å². The molecular weight excluding hydrogens is 248 g/mol. The standard InChI is InChI=1S/C16H24N4/c1-20-14-4-5-15(20)7-12(6-14)16-18-9-11(10-19-16)8-17-13-2-3-13/h9-10,12-15,17H,2-8H2,1H3. The van der Waals surface area contributed by atoms with Crippen LogP contribution >= 0.6 is 0 Å². The molecular formula is C16H24N4. The Hall–Kier alpha value is -1.00. The fraction of sp³-hybridized carbons (Fsp3) is 0.750. The molecule has 1 N–H and O–H groups in total. The van der Waals surface area contributed by atoms with Crippen LogP contribution in [0.3, 0.4) is 0 Å². The molecule has 0 radical (unpaired) electrons. The first kappa shape index (κ1) is 12.7. The largest absolute Gasteiger partial charge is 0.310 e. The zero-order valence-electron chi connectivity index (χ0n) is 12.3. The zero-order chi connectivity index (χ0) is 13.5. The van der Waals surface area contributed by atoms with Crippen LogP contribution in [0.4, 0.5) is 0 Å². The normalized spacial score (nSPS) is 33.5. The summed E-state index contributed by atoms with van der Waals surface area (Å²) in [5, 5.41) is 3.52. The quantitative estimate of drug-likeness (QED) is 0.911. The smallest absolute Gasteiger partial charge is 0.131 e. The molecule has 2 unspecified atom stereocenters. The number of nitrogens with zero attached hydrogens (tertiary/aromatic N) is 3. The van der Waals surface area contributed by atoms with Gasteiger partial charge in [0.15, 0.2) is 0 Å². The molecule has 1 aromatic rings. The van der Waals surface area contributed by atoms with E-state index in [0.717, 1.165) is 30.5 Å². The van der Waals surface area contributed by atoms with Crippen LogP contribution in [0.15, 0.2) is 12.4 Å². The summed E-state index contributed by atoms with van der Waals surface area (Å²) in [6.07, 6.45) is 11.9. The molecule has 3 aliphatic rings. The molecule has 4 heteroatoms. The van der Waals surface area contributed by atoms with E-state index < -0.39 is 0 Å². The Labute approximate surface area is 121 Å². The molecule has 1 aromatic heterocycles. The summed E-state index contributed by atoms with van der Waals surface area (Å²) < 4.78 is 0. The van der Waals surface area contributed by atoms with Gasteiger partial charge in [-0.1, -0.05) is 0 Å². The average Bonchev–Trinajstić information content (AvgIpc) is 3.27. The van der Waals surface area contributed by atoms with Crippen molar-refractivity contribution in [3.63, 3.8) is 0 Å². The van der Waals surface area contributed by atoms with Gasteiger partial charge in [0.1, 0.15) is 5.82 Å². The SMILES string of the molecule is CN1C2CCC1CC(c1ncc(CNC3CC3)cn1)C2. The van der Waals surface area contributed by atoms with Gasteiger partial charge >= 0.3 is 0 Å². The fourth-order valence-electron chi connectivity index (χ4n) is 3.84. The van der Waals surface area contributed by atoms with E-state index in [4.69, 9.17) is 0 Å². The molecule has 108 valence electrons. The number of nitrogens with one attached hydrogen (secondary N) is 1. The molecule has 0 spiro atoms. The van der Waals surface area contributed by atoms with E-state index in [1.807, 2.05) is 12.4 Å². The Bertz CT molecular complexity index is 454. The number of fused-ring (bicyclic) bond motifs is 2. The van der Waals surface area contributed by atoms with Crippen molar-refractivity contribution in [2.45, 2.75) is 69.1 Å². The summed E-state index contributed by atoms with van der Waals surface area (Å²) in [6, 6.07) is 2.27. The monoisotopic (exact) mass is 272 g/mol. The first-order chi connectivity index (χ1) is 9.79. The van der Waals surface area contributed by atoms with Crippen LogP contribution in [0.5, 0.6) is 0 Å². The van der Waals surface area contributed by atoms with E-state index >= 15 is 0 Å². The van der Waals surface area contributed by atoms with Crippen molar-refractivity contribution in [2.75, 3.05) is 7.05 Å². The molecule has 0 amide bonds. The second kappa shape index (κ2) is 5.08. The number of hydrogen-bond donors (Lipinski definition) is 1. The van der Waals surface area contributed by atoms with Crippen molar-refractivity contribution < 1.29 is 0 Å². The van der Waals surface area contributed by atoms with Crippen LogP contribution in [-0.2, 0) is 6.54 Å². The Morgan fingerprint density at radius 2 is 1.75 bits per heavy atom. The van der Waals surface area contributed by atoms with E-state index in [1.54, 1.807) is 0 Å². The predicted octanol–water partition coefficient (Wildman–Crippen LogP) is 2.07. The molecule has 2 bridgehead atoms. The Morgan fingerprint density at radius 3 is 2.35 bits per heavy atom. The maximum absolute atomic E-state index is 4.65. The van der Waals surface area contributed by atoms with Gasteiger partial charge in [0.25, 0.3) is 0 Å². The van der Waals surface area contributed by atoms with Gasteiger partial charge < -0.3 is 10.2 Å². The summed E-state index contributed by atoms with van der Waals surface area (Å²) in [6.45, 7) is 0.920. The van der Waals surface area contributed by atoms with Gasteiger partial charge in [-0.3, -0.25) is 0 Å². The molecule has 2 atom stereocenters. The molecule has 4 nitrogen and oxygen atoms in total. The van der Waals surface area contributed by atoms with Gasteiger partial charge in [-0.2, -0.15) is 0 Å². The van der Waals surface area contributed by atoms with Crippen molar-refractivity contribution >= 4 is 0 Å². The fourth-order valence-corrected chi connectivity index (χ4v) is 3.84. The van der Waals surface area contributed by atoms with Gasteiger partial charge in [0, 0.05) is 48.5 Å². The van der Waals surface area contributed by atoms with Crippen LogP contribution < -0.4 is 5.32 Å². The van der Waals surface area contributed by atoms with Crippen LogP contribution in [0.2, 0.25) is 0 Å². The summed E-state index contributed by atoms with van der Waals surface area (Å²) in [5.41, 5.74) is 1.22. The van der Waals surface area contributed by atoms with E-state index in [1.165, 1.54) is 44.1 Å². The van der Waals surface area contributed by atoms with Gasteiger partial charge in [-0.15, -0.1) is 0 Å². The Morgan fingerprint density at radius 1 is 1.10 bits per heavy atom. The molecule has 2 aliphatic heterocycles. The lowest BCUT2D eigenvalue weighted by Gasteiger charge is -2.35. The minimum atomic E-state index is 0.578. The second-order valence-electron chi connectivity index (χ2n) is 6.82. The third-order valence-electron chi connectivity index (χ3n) is 5.36. The van der Waals surface area contributed by atoms with Crippen LogP contribution in [0.1, 0.15) is 55.8 Å². The number of piperidine rings is 1. The molecule has 1 aliphatic carbocycles. The van der Waals surface area contributed by atoms with E-state index in [9.17, 15) is 0 Å². The Balaban J connectivity index is 1.40. The van der Waals surface area contributed by atoms with Crippen LogP contribution in [0, 0.1) is 0 Å². The summed E-state index contributed by atoms with van der Waals surface area (Å²) in [4.78, 5) is 11.9. The molecule has 0 aromatic carbocycles. The highest BCUT2D eigenvalue weighted by molar-refractivity contribution is 5.11. The van der Waals surface area contributed by atoms with Gasteiger partial charge in [0.2, 0.25) is 0 Å². The first-order valence-electron chi connectivity index (χ1n) is 8.06. The van der Waals surface area contributed by atoms with Crippen molar-refractivity contribution in [1.29, 1.82) is 0 Å². The predicted molar refractivity (Wildman–Crippen MR) is 78.4 cm³/mol. The second-order valence-corrected chi connectivity index (χ2v) is 6.82. The highest BCUT2D eigenvalue weighted by Crippen LogP contribution is 2.40. The summed E-state index contributed by atoms with van der Waals surface area (Å²) in [7, 11) is 2.28. The van der Waals surface area contributed by atoms with E-state index in [-0.39, 0.29) is 0 Å². The molecule has 3 heterocycles. The zero-order valence-corrected chi connectivity index (χ0v) is 12.3. The first-order valence-corrected chi connectivity index (χ1v) is 8.06. The number of aromatic nitrogens is 2. The third-order valence-corrected chi connectivity index (χ3v) is 5.36. The van der Waals surface area contributed by atoms with Crippen LogP contribution in [0.25, 0.3) is 0 Å². The van der Waals surface area contributed by atoms with Crippen molar-refractivity contribution in [1.82, 2.24) is 20.2 Å². The topological polar surface area (TPSA) is 41.1 Å². The highest BCUT2D eigenvalue weighted by atomic mass is 15.2. The van der Waals surface area contributed by atoms with Crippen LogP contribution in [-0.4, -0.2) is 40.0 Å². The molecule has 20 heavy (non-hydrogen) atoms. The van der Waals surface area contributed by atoms with E-state index in [0.29, 0.717) is 5.92 Å². The Kier molecular flexibility index (Phi) is 3.23.